The molecule has 0 aliphatic rings. The summed E-state index contributed by atoms with van der Waals surface area (Å²) < 4.78 is 13.3. The molecule has 2 N–H and O–H groups in total. The normalized spacial score (nSPS) is 10.6. The Morgan fingerprint density at radius 2 is 1.81 bits per heavy atom. The molecule has 0 saturated carbocycles. The number of aryl methyl sites for hydroxylation is 1. The van der Waals surface area contributed by atoms with E-state index in [-0.39, 0.29) is 5.82 Å². The van der Waals surface area contributed by atoms with Gasteiger partial charge in [-0.05, 0) is 48.9 Å². The highest BCUT2D eigenvalue weighted by Gasteiger charge is 2.06. The molecule has 2 aromatic carbocycles. The van der Waals surface area contributed by atoms with Crippen molar-refractivity contribution in [3.8, 4) is 0 Å². The summed E-state index contributed by atoms with van der Waals surface area (Å²) in [5.74, 6) is 0.480. The largest absolute Gasteiger partial charge is 0.388 e. The molecule has 1 heterocycles. The molecule has 3 rings (SSSR count). The summed E-state index contributed by atoms with van der Waals surface area (Å²) in [7, 11) is 1.86. The van der Waals surface area contributed by atoms with Crippen LogP contribution in [0.5, 0.6) is 0 Å². The van der Waals surface area contributed by atoms with Crippen molar-refractivity contribution in [2.75, 3.05) is 17.7 Å². The van der Waals surface area contributed by atoms with E-state index >= 15 is 0 Å². The highest BCUT2D eigenvalue weighted by Crippen LogP contribution is 2.26. The molecule has 0 aliphatic heterocycles. The van der Waals surface area contributed by atoms with Gasteiger partial charge >= 0.3 is 0 Å². The number of nitrogens with zero attached hydrogens (tertiary/aromatic N) is 2. The Morgan fingerprint density at radius 3 is 2.57 bits per heavy atom. The zero-order valence-electron chi connectivity index (χ0n) is 11.8. The molecule has 5 heteroatoms. The summed E-state index contributed by atoms with van der Waals surface area (Å²) in [6, 6.07) is 10.8. The smallest absolute Gasteiger partial charge is 0.141 e. The lowest BCUT2D eigenvalue weighted by molar-refractivity contribution is 0.619. The third-order valence-electron chi connectivity index (χ3n) is 3.34. The number of benzene rings is 2. The number of fused-ring (bicyclic) bond motifs is 1. The van der Waals surface area contributed by atoms with Crippen LogP contribution in [0.1, 0.15) is 5.56 Å². The van der Waals surface area contributed by atoms with E-state index in [9.17, 15) is 4.39 Å². The van der Waals surface area contributed by atoms with E-state index in [4.69, 9.17) is 0 Å². The zero-order valence-corrected chi connectivity index (χ0v) is 11.8. The van der Waals surface area contributed by atoms with Gasteiger partial charge in [0.1, 0.15) is 18.0 Å². The molecule has 0 bridgehead atoms. The van der Waals surface area contributed by atoms with Gasteiger partial charge in [-0.25, -0.2) is 14.4 Å². The van der Waals surface area contributed by atoms with Crippen LogP contribution in [-0.2, 0) is 0 Å². The molecule has 0 unspecified atom stereocenters. The van der Waals surface area contributed by atoms with Crippen LogP contribution >= 0.6 is 0 Å². The minimum atomic E-state index is -0.217. The molecule has 0 fully saturated rings. The third-order valence-corrected chi connectivity index (χ3v) is 3.34. The molecule has 21 heavy (non-hydrogen) atoms. The fourth-order valence-corrected chi connectivity index (χ4v) is 2.17. The molecule has 1 aromatic heterocycles. The Bertz CT molecular complexity index is 801. The van der Waals surface area contributed by atoms with Crippen molar-refractivity contribution in [3.63, 3.8) is 0 Å². The van der Waals surface area contributed by atoms with Crippen LogP contribution in [-0.4, -0.2) is 17.0 Å². The summed E-state index contributed by atoms with van der Waals surface area (Å²) in [6.45, 7) is 1.73. The predicted molar refractivity (Wildman–Crippen MR) is 83.5 cm³/mol. The van der Waals surface area contributed by atoms with E-state index in [0.29, 0.717) is 11.4 Å². The second-order valence-electron chi connectivity index (χ2n) is 4.79. The molecule has 4 nitrogen and oxygen atoms in total. The maximum Gasteiger partial charge on any atom is 0.141 e. The highest BCUT2D eigenvalue weighted by atomic mass is 19.1. The number of rotatable bonds is 3. The topological polar surface area (TPSA) is 49.8 Å². The van der Waals surface area contributed by atoms with E-state index in [1.807, 2.05) is 25.2 Å². The van der Waals surface area contributed by atoms with Crippen LogP contribution in [0.3, 0.4) is 0 Å². The zero-order chi connectivity index (χ0) is 14.8. The van der Waals surface area contributed by atoms with Gasteiger partial charge in [0.05, 0.1) is 5.52 Å². The Hall–Kier alpha value is -2.69. The van der Waals surface area contributed by atoms with Gasteiger partial charge in [0.2, 0.25) is 0 Å². The van der Waals surface area contributed by atoms with Gasteiger partial charge in [-0.3, -0.25) is 0 Å². The molecule has 0 aliphatic carbocycles. The van der Waals surface area contributed by atoms with Gasteiger partial charge in [-0.15, -0.1) is 0 Å². The summed E-state index contributed by atoms with van der Waals surface area (Å²) in [4.78, 5) is 8.54. The van der Waals surface area contributed by atoms with Crippen molar-refractivity contribution >= 4 is 28.1 Å². The Balaban J connectivity index is 2.05. The first-order valence-corrected chi connectivity index (χ1v) is 6.63. The fourth-order valence-electron chi connectivity index (χ4n) is 2.17. The van der Waals surface area contributed by atoms with Crippen molar-refractivity contribution in [1.29, 1.82) is 0 Å². The quantitative estimate of drug-likeness (QED) is 0.766. The molecular weight excluding hydrogens is 267 g/mol. The maximum atomic E-state index is 13.3. The lowest BCUT2D eigenvalue weighted by Crippen LogP contribution is -1.98. The van der Waals surface area contributed by atoms with Gasteiger partial charge in [0.15, 0.2) is 0 Å². The van der Waals surface area contributed by atoms with Crippen LogP contribution in [0.4, 0.5) is 21.6 Å². The number of halogens is 1. The molecule has 0 saturated heterocycles. The second kappa shape index (κ2) is 5.36. The fraction of sp³-hybridized carbons (Fsp3) is 0.125. The number of hydrogen-bond acceptors (Lipinski definition) is 4. The van der Waals surface area contributed by atoms with Crippen LogP contribution in [0.15, 0.2) is 42.7 Å². The lowest BCUT2D eigenvalue weighted by atomic mass is 10.2. The summed E-state index contributed by atoms with van der Waals surface area (Å²) in [5, 5.41) is 7.22. The monoisotopic (exact) mass is 282 g/mol. The van der Waals surface area contributed by atoms with Crippen LogP contribution in [0, 0.1) is 12.7 Å². The number of aromatic nitrogens is 2. The van der Waals surface area contributed by atoms with Gasteiger partial charge in [0, 0.05) is 23.8 Å². The van der Waals surface area contributed by atoms with Gasteiger partial charge in [0.25, 0.3) is 0 Å². The molecule has 0 spiro atoms. The molecule has 0 atom stereocenters. The molecule has 0 amide bonds. The molecule has 3 aromatic rings. The third kappa shape index (κ3) is 2.63. The maximum absolute atomic E-state index is 13.3. The van der Waals surface area contributed by atoms with Crippen LogP contribution in [0.2, 0.25) is 0 Å². The minimum absolute atomic E-state index is 0.217. The summed E-state index contributed by atoms with van der Waals surface area (Å²) in [6.07, 6.45) is 1.51. The first kappa shape index (κ1) is 13.3. The highest BCUT2D eigenvalue weighted by molar-refractivity contribution is 5.92. The van der Waals surface area contributed by atoms with E-state index in [1.165, 1.54) is 12.4 Å². The van der Waals surface area contributed by atoms with E-state index in [0.717, 1.165) is 22.3 Å². The summed E-state index contributed by atoms with van der Waals surface area (Å²) in [5.41, 5.74) is 3.22. The Labute approximate surface area is 122 Å². The first-order chi connectivity index (χ1) is 10.2. The van der Waals surface area contributed by atoms with Crippen molar-refractivity contribution < 1.29 is 4.39 Å². The van der Waals surface area contributed by atoms with E-state index < -0.39 is 0 Å². The standard InChI is InChI=1S/C16H15FN4/c1-10-7-12(3-5-14(10)17)21-16-13-8-11(18-2)4-6-15(13)19-9-20-16/h3-9,18H,1-2H3,(H,19,20,21). The predicted octanol–water partition coefficient (Wildman–Crippen LogP) is 3.86. The van der Waals surface area contributed by atoms with E-state index in [1.54, 1.807) is 19.1 Å². The Morgan fingerprint density at radius 1 is 1.00 bits per heavy atom. The van der Waals surface area contributed by atoms with Crippen molar-refractivity contribution in [2.24, 2.45) is 0 Å². The second-order valence-corrected chi connectivity index (χ2v) is 4.79. The minimum Gasteiger partial charge on any atom is -0.388 e. The van der Waals surface area contributed by atoms with Crippen molar-refractivity contribution in [1.82, 2.24) is 9.97 Å². The number of anilines is 3. The Kier molecular flexibility index (Phi) is 3.39. The molecule has 0 radical (unpaired) electrons. The lowest BCUT2D eigenvalue weighted by Gasteiger charge is -2.10. The van der Waals surface area contributed by atoms with Gasteiger partial charge < -0.3 is 10.6 Å². The molecule has 106 valence electrons. The average Bonchev–Trinajstić information content (AvgIpc) is 2.51. The number of nitrogens with one attached hydrogen (secondary N) is 2. The van der Waals surface area contributed by atoms with Crippen molar-refractivity contribution in [2.45, 2.75) is 6.92 Å². The number of hydrogen-bond donors (Lipinski definition) is 2. The van der Waals surface area contributed by atoms with Gasteiger partial charge in [-0.2, -0.15) is 0 Å². The van der Waals surface area contributed by atoms with Crippen molar-refractivity contribution in [3.05, 3.63) is 54.1 Å². The first-order valence-electron chi connectivity index (χ1n) is 6.63. The summed E-state index contributed by atoms with van der Waals surface area (Å²) >= 11 is 0. The SMILES string of the molecule is CNc1ccc2ncnc(Nc3ccc(F)c(C)c3)c2c1. The average molecular weight is 282 g/mol. The van der Waals surface area contributed by atoms with Gasteiger partial charge in [-0.1, -0.05) is 0 Å². The molecular formula is C16H15FN4. The van der Waals surface area contributed by atoms with Crippen LogP contribution < -0.4 is 10.6 Å². The van der Waals surface area contributed by atoms with Crippen LogP contribution in [0.25, 0.3) is 10.9 Å². The van der Waals surface area contributed by atoms with E-state index in [2.05, 4.69) is 20.6 Å².